The minimum atomic E-state index is -3.54. The molecule has 0 atom stereocenters. The highest BCUT2D eigenvalue weighted by molar-refractivity contribution is 7.89. The lowest BCUT2D eigenvalue weighted by atomic mass is 10.1. The summed E-state index contributed by atoms with van der Waals surface area (Å²) < 4.78 is 27.3. The lowest BCUT2D eigenvalue weighted by Crippen LogP contribution is -2.50. The van der Waals surface area contributed by atoms with Gasteiger partial charge < -0.3 is 5.32 Å². The number of halogens is 2. The highest BCUT2D eigenvalue weighted by Gasteiger charge is 2.29. The second-order valence-electron chi connectivity index (χ2n) is 7.10. The fraction of sp³-hybridized carbons (Fsp3) is 0.350. The number of carbonyl (C=O) groups excluding carboxylic acids is 1. The third-order valence-corrected chi connectivity index (χ3v) is 7.46. The van der Waals surface area contributed by atoms with Crippen molar-refractivity contribution in [3.63, 3.8) is 0 Å². The normalized spacial score (nSPS) is 16.0. The number of amides is 1. The molecule has 0 aliphatic carbocycles. The minimum Gasteiger partial charge on any atom is -0.324 e. The summed E-state index contributed by atoms with van der Waals surface area (Å²) in [5, 5.41) is 3.63. The van der Waals surface area contributed by atoms with Crippen LogP contribution in [0, 0.1) is 13.8 Å². The monoisotopic (exact) mass is 455 g/mol. The van der Waals surface area contributed by atoms with Gasteiger partial charge in [0.25, 0.3) is 0 Å². The third-order valence-electron chi connectivity index (χ3n) is 5.02. The molecule has 0 saturated carbocycles. The van der Waals surface area contributed by atoms with Gasteiger partial charge in [0.15, 0.2) is 0 Å². The van der Waals surface area contributed by atoms with Crippen LogP contribution in [0.3, 0.4) is 0 Å². The summed E-state index contributed by atoms with van der Waals surface area (Å²) in [5.41, 5.74) is 2.50. The summed E-state index contributed by atoms with van der Waals surface area (Å²) in [7, 11) is -3.54. The Morgan fingerprint density at radius 2 is 1.69 bits per heavy atom. The Balaban J connectivity index is 1.57. The van der Waals surface area contributed by atoms with Crippen LogP contribution in [0.5, 0.6) is 0 Å². The molecular weight excluding hydrogens is 433 g/mol. The van der Waals surface area contributed by atoms with Gasteiger partial charge in [0.2, 0.25) is 15.9 Å². The number of hydrogen-bond donors (Lipinski definition) is 1. The third kappa shape index (κ3) is 5.29. The molecule has 2 aromatic rings. The van der Waals surface area contributed by atoms with Crippen molar-refractivity contribution in [3.8, 4) is 0 Å². The first-order chi connectivity index (χ1) is 13.7. The van der Waals surface area contributed by atoms with E-state index in [2.05, 4.69) is 5.32 Å². The second kappa shape index (κ2) is 9.02. The smallest absolute Gasteiger partial charge is 0.243 e. The van der Waals surface area contributed by atoms with E-state index >= 15 is 0 Å². The molecule has 9 heteroatoms. The number of sulfonamides is 1. The summed E-state index contributed by atoms with van der Waals surface area (Å²) in [6.45, 7) is 5.65. The number of nitrogens with zero attached hydrogens (tertiary/aromatic N) is 2. The molecule has 3 rings (SSSR count). The van der Waals surface area contributed by atoms with Gasteiger partial charge in [-0.05, 0) is 55.3 Å². The average molecular weight is 456 g/mol. The van der Waals surface area contributed by atoms with Crippen molar-refractivity contribution in [1.82, 2.24) is 9.21 Å². The summed E-state index contributed by atoms with van der Waals surface area (Å²) in [6.07, 6.45) is 0. The van der Waals surface area contributed by atoms with Crippen LogP contribution in [0.25, 0.3) is 0 Å². The molecule has 0 bridgehead atoms. The highest BCUT2D eigenvalue weighted by atomic mass is 35.5. The first kappa shape index (κ1) is 22.1. The van der Waals surface area contributed by atoms with Gasteiger partial charge in [-0.3, -0.25) is 9.69 Å². The Labute approximate surface area is 181 Å². The largest absolute Gasteiger partial charge is 0.324 e. The Hall–Kier alpha value is -1.64. The van der Waals surface area contributed by atoms with Crippen LogP contribution in [0.4, 0.5) is 5.69 Å². The SMILES string of the molecule is Cc1ccc(S(=O)(=O)N2CCN(CC(=O)Nc3ccc(Cl)cc3Cl)CC2)cc1C. The molecule has 1 aliphatic heterocycles. The van der Waals surface area contributed by atoms with Crippen LogP contribution in [-0.2, 0) is 14.8 Å². The molecule has 0 unspecified atom stereocenters. The number of hydrogen-bond acceptors (Lipinski definition) is 4. The Morgan fingerprint density at radius 3 is 2.31 bits per heavy atom. The molecule has 1 N–H and O–H groups in total. The predicted molar refractivity (Wildman–Crippen MR) is 116 cm³/mol. The van der Waals surface area contributed by atoms with Gasteiger partial charge >= 0.3 is 0 Å². The van der Waals surface area contributed by atoms with E-state index in [0.29, 0.717) is 46.8 Å². The number of anilines is 1. The molecule has 1 saturated heterocycles. The predicted octanol–water partition coefficient (Wildman–Crippen LogP) is 3.56. The van der Waals surface area contributed by atoms with E-state index in [1.807, 2.05) is 24.8 Å². The number of aryl methyl sites for hydroxylation is 2. The quantitative estimate of drug-likeness (QED) is 0.747. The average Bonchev–Trinajstić information content (AvgIpc) is 2.66. The van der Waals surface area contributed by atoms with E-state index in [1.165, 1.54) is 4.31 Å². The van der Waals surface area contributed by atoms with E-state index in [-0.39, 0.29) is 12.5 Å². The fourth-order valence-corrected chi connectivity index (χ4v) is 5.10. The van der Waals surface area contributed by atoms with Gasteiger partial charge in [-0.1, -0.05) is 29.3 Å². The topological polar surface area (TPSA) is 69.7 Å². The van der Waals surface area contributed by atoms with E-state index in [1.54, 1.807) is 30.3 Å². The van der Waals surface area contributed by atoms with Crippen molar-refractivity contribution < 1.29 is 13.2 Å². The van der Waals surface area contributed by atoms with Crippen molar-refractivity contribution in [2.45, 2.75) is 18.7 Å². The molecule has 2 aromatic carbocycles. The molecular formula is C20H23Cl2N3O3S. The number of nitrogens with one attached hydrogen (secondary N) is 1. The number of piperazine rings is 1. The van der Waals surface area contributed by atoms with Crippen LogP contribution in [0.15, 0.2) is 41.3 Å². The van der Waals surface area contributed by atoms with Crippen LogP contribution < -0.4 is 5.32 Å². The number of benzene rings is 2. The van der Waals surface area contributed by atoms with Crippen LogP contribution in [0.2, 0.25) is 10.0 Å². The molecule has 1 heterocycles. The van der Waals surface area contributed by atoms with Crippen LogP contribution in [-0.4, -0.2) is 56.3 Å². The molecule has 6 nitrogen and oxygen atoms in total. The molecule has 29 heavy (non-hydrogen) atoms. The van der Waals surface area contributed by atoms with Gasteiger partial charge in [0.05, 0.1) is 22.2 Å². The van der Waals surface area contributed by atoms with E-state index in [0.717, 1.165) is 11.1 Å². The molecule has 0 spiro atoms. The molecule has 0 radical (unpaired) electrons. The zero-order chi connectivity index (χ0) is 21.2. The van der Waals surface area contributed by atoms with E-state index < -0.39 is 10.0 Å². The lowest BCUT2D eigenvalue weighted by Gasteiger charge is -2.33. The van der Waals surface area contributed by atoms with E-state index in [9.17, 15) is 13.2 Å². The minimum absolute atomic E-state index is 0.163. The number of carbonyl (C=O) groups is 1. The molecule has 156 valence electrons. The molecule has 1 fully saturated rings. The maximum atomic E-state index is 12.9. The van der Waals surface area contributed by atoms with Crippen molar-refractivity contribution in [2.75, 3.05) is 38.0 Å². The lowest BCUT2D eigenvalue weighted by molar-refractivity contribution is -0.117. The fourth-order valence-electron chi connectivity index (χ4n) is 3.14. The standard InChI is InChI=1S/C20H23Cl2N3O3S/c1-14-3-5-17(11-15(14)2)29(27,28)25-9-7-24(8-10-25)13-20(26)23-19-6-4-16(21)12-18(19)22/h3-6,11-12H,7-10,13H2,1-2H3,(H,23,26). The van der Waals surface area contributed by atoms with Gasteiger partial charge in [-0.25, -0.2) is 8.42 Å². The van der Waals surface area contributed by atoms with Crippen molar-refractivity contribution in [1.29, 1.82) is 0 Å². The zero-order valence-electron chi connectivity index (χ0n) is 16.3. The first-order valence-electron chi connectivity index (χ1n) is 9.21. The van der Waals surface area contributed by atoms with Gasteiger partial charge in [-0.15, -0.1) is 0 Å². The Kier molecular flexibility index (Phi) is 6.86. The van der Waals surface area contributed by atoms with Gasteiger partial charge in [0.1, 0.15) is 0 Å². The first-order valence-corrected chi connectivity index (χ1v) is 11.4. The van der Waals surface area contributed by atoms with Gasteiger partial charge in [-0.2, -0.15) is 4.31 Å². The summed E-state index contributed by atoms with van der Waals surface area (Å²) in [6, 6.07) is 10.0. The summed E-state index contributed by atoms with van der Waals surface area (Å²) in [5.74, 6) is -0.209. The maximum absolute atomic E-state index is 12.9. The molecule has 1 amide bonds. The van der Waals surface area contributed by atoms with Crippen molar-refractivity contribution in [2.24, 2.45) is 0 Å². The zero-order valence-corrected chi connectivity index (χ0v) is 18.6. The maximum Gasteiger partial charge on any atom is 0.243 e. The van der Waals surface area contributed by atoms with Crippen LogP contribution in [0.1, 0.15) is 11.1 Å². The number of rotatable bonds is 5. The molecule has 1 aliphatic rings. The van der Waals surface area contributed by atoms with Gasteiger partial charge in [0, 0.05) is 31.2 Å². The second-order valence-corrected chi connectivity index (χ2v) is 9.88. The Morgan fingerprint density at radius 1 is 1.00 bits per heavy atom. The summed E-state index contributed by atoms with van der Waals surface area (Å²) >= 11 is 11.9. The Bertz CT molecular complexity index is 1020. The van der Waals surface area contributed by atoms with Crippen molar-refractivity contribution >= 4 is 44.8 Å². The van der Waals surface area contributed by atoms with Crippen molar-refractivity contribution in [3.05, 3.63) is 57.6 Å². The molecule has 0 aromatic heterocycles. The summed E-state index contributed by atoms with van der Waals surface area (Å²) in [4.78, 5) is 14.5. The highest BCUT2D eigenvalue weighted by Crippen LogP contribution is 2.25. The van der Waals surface area contributed by atoms with E-state index in [4.69, 9.17) is 23.2 Å². The van der Waals surface area contributed by atoms with Crippen LogP contribution >= 0.6 is 23.2 Å².